The molecule has 0 heterocycles. The smallest absolute Gasteiger partial charge is 0.121 e. The third kappa shape index (κ3) is 3.93. The van der Waals surface area contributed by atoms with E-state index in [0.717, 1.165) is 24.0 Å². The van der Waals surface area contributed by atoms with E-state index < -0.39 is 0 Å². The standard InChI is InChI=1S/C16H17NO2/c18-11-1-10-17-12-13-2-4-14(5-3-13)15-6-8-16(19)9-7-15/h2-9,11,17,19H,1,10,12H2. The highest BCUT2D eigenvalue weighted by Gasteiger charge is 1.98. The van der Waals surface area contributed by atoms with Crippen LogP contribution in [0.1, 0.15) is 12.0 Å². The number of phenols is 1. The van der Waals surface area contributed by atoms with E-state index in [4.69, 9.17) is 0 Å². The summed E-state index contributed by atoms with van der Waals surface area (Å²) in [6, 6.07) is 15.4. The number of nitrogens with one attached hydrogen (secondary N) is 1. The highest BCUT2D eigenvalue weighted by atomic mass is 16.3. The minimum absolute atomic E-state index is 0.278. The van der Waals surface area contributed by atoms with E-state index in [1.165, 1.54) is 5.56 Å². The highest BCUT2D eigenvalue weighted by molar-refractivity contribution is 5.64. The van der Waals surface area contributed by atoms with Crippen molar-refractivity contribution in [1.29, 1.82) is 0 Å². The molecule has 2 aromatic rings. The molecule has 2 rings (SSSR count). The summed E-state index contributed by atoms with van der Waals surface area (Å²) in [6.07, 6.45) is 1.46. The van der Waals surface area contributed by atoms with E-state index in [2.05, 4.69) is 29.6 Å². The van der Waals surface area contributed by atoms with Crippen LogP contribution in [-0.4, -0.2) is 17.9 Å². The van der Waals surface area contributed by atoms with Crippen molar-refractivity contribution >= 4 is 6.29 Å². The van der Waals surface area contributed by atoms with Crippen molar-refractivity contribution in [2.75, 3.05) is 6.54 Å². The Kier molecular flexibility index (Phi) is 4.70. The summed E-state index contributed by atoms with van der Waals surface area (Å²) < 4.78 is 0. The molecular weight excluding hydrogens is 238 g/mol. The fourth-order valence-corrected chi connectivity index (χ4v) is 1.86. The van der Waals surface area contributed by atoms with Crippen LogP contribution in [0.4, 0.5) is 0 Å². The molecule has 0 unspecified atom stereocenters. The van der Waals surface area contributed by atoms with Crippen LogP contribution in [0.25, 0.3) is 11.1 Å². The molecule has 0 saturated heterocycles. The molecule has 98 valence electrons. The van der Waals surface area contributed by atoms with Crippen molar-refractivity contribution in [3.63, 3.8) is 0 Å². The Hall–Kier alpha value is -2.13. The Balaban J connectivity index is 1.98. The van der Waals surface area contributed by atoms with Crippen LogP contribution in [0.15, 0.2) is 48.5 Å². The molecule has 0 radical (unpaired) electrons. The average molecular weight is 255 g/mol. The minimum atomic E-state index is 0.278. The van der Waals surface area contributed by atoms with E-state index >= 15 is 0 Å². The molecule has 0 saturated carbocycles. The molecule has 0 aliphatic carbocycles. The number of aromatic hydroxyl groups is 1. The van der Waals surface area contributed by atoms with Gasteiger partial charge in [0.1, 0.15) is 12.0 Å². The fourth-order valence-electron chi connectivity index (χ4n) is 1.86. The maximum absolute atomic E-state index is 10.2. The second-order valence-electron chi connectivity index (χ2n) is 4.38. The zero-order chi connectivity index (χ0) is 13.5. The van der Waals surface area contributed by atoms with Crippen LogP contribution in [-0.2, 0) is 11.3 Å². The quantitative estimate of drug-likeness (QED) is 0.616. The SMILES string of the molecule is O=CCCNCc1ccc(-c2ccc(O)cc2)cc1. The summed E-state index contributed by atoms with van der Waals surface area (Å²) in [6.45, 7) is 1.48. The average Bonchev–Trinajstić information content (AvgIpc) is 2.45. The highest BCUT2D eigenvalue weighted by Crippen LogP contribution is 2.22. The van der Waals surface area contributed by atoms with Gasteiger partial charge in [-0.15, -0.1) is 0 Å². The van der Waals surface area contributed by atoms with E-state index in [9.17, 15) is 9.90 Å². The topological polar surface area (TPSA) is 49.3 Å². The van der Waals surface area contributed by atoms with E-state index in [1.54, 1.807) is 12.1 Å². The molecule has 3 nitrogen and oxygen atoms in total. The molecular formula is C16H17NO2. The molecule has 2 aromatic carbocycles. The summed E-state index contributed by atoms with van der Waals surface area (Å²) in [5.74, 6) is 0.278. The zero-order valence-corrected chi connectivity index (χ0v) is 10.7. The Morgan fingerprint density at radius 2 is 1.53 bits per heavy atom. The van der Waals surface area contributed by atoms with Gasteiger partial charge in [-0.3, -0.25) is 0 Å². The Morgan fingerprint density at radius 3 is 2.11 bits per heavy atom. The fraction of sp³-hybridized carbons (Fsp3) is 0.188. The Bertz CT molecular complexity index is 517. The van der Waals surface area contributed by atoms with E-state index in [-0.39, 0.29) is 5.75 Å². The lowest BCUT2D eigenvalue weighted by Crippen LogP contribution is -2.14. The van der Waals surface area contributed by atoms with Crippen molar-refractivity contribution in [2.45, 2.75) is 13.0 Å². The molecule has 0 fully saturated rings. The van der Waals surface area contributed by atoms with Gasteiger partial charge in [0.05, 0.1) is 0 Å². The predicted octanol–water partition coefficient (Wildman–Crippen LogP) is 2.74. The maximum Gasteiger partial charge on any atom is 0.121 e. The van der Waals surface area contributed by atoms with Crippen LogP contribution in [0.3, 0.4) is 0 Å². The summed E-state index contributed by atoms with van der Waals surface area (Å²) >= 11 is 0. The molecule has 0 amide bonds. The molecule has 0 bridgehead atoms. The second-order valence-corrected chi connectivity index (χ2v) is 4.38. The van der Waals surface area contributed by atoms with Gasteiger partial charge in [0, 0.05) is 19.5 Å². The zero-order valence-electron chi connectivity index (χ0n) is 10.7. The maximum atomic E-state index is 10.2. The summed E-state index contributed by atoms with van der Waals surface area (Å²) in [5.41, 5.74) is 3.39. The predicted molar refractivity (Wildman–Crippen MR) is 75.9 cm³/mol. The molecule has 3 heteroatoms. The van der Waals surface area contributed by atoms with Crippen molar-refractivity contribution in [2.24, 2.45) is 0 Å². The van der Waals surface area contributed by atoms with Crippen LogP contribution in [0.2, 0.25) is 0 Å². The molecule has 0 aliphatic heterocycles. The Morgan fingerprint density at radius 1 is 0.947 bits per heavy atom. The number of carbonyl (C=O) groups excluding carboxylic acids is 1. The molecule has 0 aromatic heterocycles. The van der Waals surface area contributed by atoms with E-state index in [1.807, 2.05) is 12.1 Å². The third-order valence-corrected chi connectivity index (χ3v) is 2.92. The van der Waals surface area contributed by atoms with Crippen molar-refractivity contribution < 1.29 is 9.90 Å². The van der Waals surface area contributed by atoms with Crippen LogP contribution >= 0.6 is 0 Å². The van der Waals surface area contributed by atoms with Crippen LogP contribution < -0.4 is 5.32 Å². The van der Waals surface area contributed by atoms with Gasteiger partial charge in [0.15, 0.2) is 0 Å². The normalized spacial score (nSPS) is 10.3. The first-order valence-electron chi connectivity index (χ1n) is 6.32. The first-order chi connectivity index (χ1) is 9.29. The second kappa shape index (κ2) is 6.71. The number of hydrogen-bond donors (Lipinski definition) is 2. The van der Waals surface area contributed by atoms with Gasteiger partial charge in [-0.2, -0.15) is 0 Å². The number of phenolic OH excluding ortho intramolecular Hbond substituents is 1. The van der Waals surface area contributed by atoms with E-state index in [0.29, 0.717) is 13.0 Å². The van der Waals surface area contributed by atoms with Gasteiger partial charge in [0.2, 0.25) is 0 Å². The number of hydrogen-bond acceptors (Lipinski definition) is 3. The minimum Gasteiger partial charge on any atom is -0.508 e. The monoisotopic (exact) mass is 255 g/mol. The van der Waals surface area contributed by atoms with Gasteiger partial charge in [-0.25, -0.2) is 0 Å². The molecule has 0 atom stereocenters. The van der Waals surface area contributed by atoms with Gasteiger partial charge in [-0.05, 0) is 28.8 Å². The largest absolute Gasteiger partial charge is 0.508 e. The van der Waals surface area contributed by atoms with Gasteiger partial charge in [-0.1, -0.05) is 36.4 Å². The Labute approximate surface area is 112 Å². The van der Waals surface area contributed by atoms with Gasteiger partial charge >= 0.3 is 0 Å². The van der Waals surface area contributed by atoms with Crippen molar-refractivity contribution in [3.05, 3.63) is 54.1 Å². The number of benzene rings is 2. The number of rotatable bonds is 6. The van der Waals surface area contributed by atoms with Gasteiger partial charge in [0.25, 0.3) is 0 Å². The molecule has 0 spiro atoms. The number of aldehydes is 1. The molecule has 2 N–H and O–H groups in total. The van der Waals surface area contributed by atoms with Gasteiger partial charge < -0.3 is 15.2 Å². The number of carbonyl (C=O) groups is 1. The van der Waals surface area contributed by atoms with Crippen molar-refractivity contribution in [3.8, 4) is 16.9 Å². The van der Waals surface area contributed by atoms with Crippen LogP contribution in [0.5, 0.6) is 5.75 Å². The molecule has 0 aliphatic rings. The lowest BCUT2D eigenvalue weighted by molar-refractivity contribution is -0.107. The van der Waals surface area contributed by atoms with Crippen LogP contribution in [0, 0.1) is 0 Å². The summed E-state index contributed by atoms with van der Waals surface area (Å²) in [5, 5.41) is 12.5. The molecule has 19 heavy (non-hydrogen) atoms. The lowest BCUT2D eigenvalue weighted by Gasteiger charge is -2.05. The lowest BCUT2D eigenvalue weighted by atomic mass is 10.0. The third-order valence-electron chi connectivity index (χ3n) is 2.92. The first kappa shape index (κ1) is 13.3. The summed E-state index contributed by atoms with van der Waals surface area (Å²) in [7, 11) is 0. The van der Waals surface area contributed by atoms with Crippen molar-refractivity contribution in [1.82, 2.24) is 5.32 Å². The first-order valence-corrected chi connectivity index (χ1v) is 6.32. The summed E-state index contributed by atoms with van der Waals surface area (Å²) in [4.78, 5) is 10.2.